The average molecular weight is 235 g/mol. The normalized spacial score (nSPS) is 23.8. The number of hydrogen-bond donors (Lipinski definition) is 1. The van der Waals surface area contributed by atoms with Crippen LogP contribution in [0.1, 0.15) is 45.4 Å². The third-order valence-corrected chi connectivity index (χ3v) is 3.91. The van der Waals surface area contributed by atoms with Gasteiger partial charge in [-0.2, -0.15) is 0 Å². The second-order valence-corrected chi connectivity index (χ2v) is 6.12. The summed E-state index contributed by atoms with van der Waals surface area (Å²) in [6.45, 7) is 5.82. The van der Waals surface area contributed by atoms with Crippen molar-refractivity contribution in [3.63, 3.8) is 0 Å². The number of hydrogen-bond acceptors (Lipinski definition) is 2. The summed E-state index contributed by atoms with van der Waals surface area (Å²) in [6, 6.07) is 0.707. The van der Waals surface area contributed by atoms with Crippen LogP contribution in [0.4, 0.5) is 0 Å². The summed E-state index contributed by atoms with van der Waals surface area (Å²) >= 11 is 0. The SMILES string of the molecule is Cn1ccnc1CCNC1CCCC(C)(C)C1. The summed E-state index contributed by atoms with van der Waals surface area (Å²) in [7, 11) is 2.06. The lowest BCUT2D eigenvalue weighted by atomic mass is 9.75. The van der Waals surface area contributed by atoms with E-state index < -0.39 is 0 Å². The van der Waals surface area contributed by atoms with Crippen LogP contribution < -0.4 is 5.32 Å². The molecule has 1 atom stereocenters. The van der Waals surface area contributed by atoms with Gasteiger partial charge in [0, 0.05) is 38.4 Å². The van der Waals surface area contributed by atoms with Crippen molar-refractivity contribution in [1.82, 2.24) is 14.9 Å². The monoisotopic (exact) mass is 235 g/mol. The van der Waals surface area contributed by atoms with Crippen LogP contribution in [0.25, 0.3) is 0 Å². The van der Waals surface area contributed by atoms with Gasteiger partial charge in [0.1, 0.15) is 5.82 Å². The van der Waals surface area contributed by atoms with Gasteiger partial charge in [0.2, 0.25) is 0 Å². The molecule has 1 aromatic rings. The summed E-state index contributed by atoms with van der Waals surface area (Å²) in [4.78, 5) is 4.35. The molecule has 1 saturated carbocycles. The molecule has 0 radical (unpaired) electrons. The molecule has 0 spiro atoms. The maximum absolute atomic E-state index is 4.35. The lowest BCUT2D eigenvalue weighted by molar-refractivity contribution is 0.199. The van der Waals surface area contributed by atoms with Crippen LogP contribution in [0, 0.1) is 5.41 Å². The highest BCUT2D eigenvalue weighted by molar-refractivity contribution is 4.92. The first-order valence-electron chi connectivity index (χ1n) is 6.76. The van der Waals surface area contributed by atoms with E-state index in [1.807, 2.05) is 12.4 Å². The number of aromatic nitrogens is 2. The zero-order valence-corrected chi connectivity index (χ0v) is 11.4. The second kappa shape index (κ2) is 5.21. The van der Waals surface area contributed by atoms with Gasteiger partial charge in [0.05, 0.1) is 0 Å². The first kappa shape index (κ1) is 12.6. The van der Waals surface area contributed by atoms with Gasteiger partial charge in [-0.25, -0.2) is 4.98 Å². The molecule has 1 aliphatic carbocycles. The third kappa shape index (κ3) is 3.56. The van der Waals surface area contributed by atoms with E-state index in [9.17, 15) is 0 Å². The third-order valence-electron chi connectivity index (χ3n) is 3.91. The Bertz CT molecular complexity index is 354. The Morgan fingerprint density at radius 1 is 1.53 bits per heavy atom. The Balaban J connectivity index is 1.74. The summed E-state index contributed by atoms with van der Waals surface area (Å²) in [5, 5.41) is 3.69. The molecule has 3 nitrogen and oxygen atoms in total. The lowest BCUT2D eigenvalue weighted by Gasteiger charge is -2.35. The van der Waals surface area contributed by atoms with Crippen LogP contribution >= 0.6 is 0 Å². The summed E-state index contributed by atoms with van der Waals surface area (Å²) in [5.41, 5.74) is 0.527. The van der Waals surface area contributed by atoms with Crippen LogP contribution in [0.5, 0.6) is 0 Å². The van der Waals surface area contributed by atoms with Crippen molar-refractivity contribution in [3.05, 3.63) is 18.2 Å². The number of nitrogens with zero attached hydrogens (tertiary/aromatic N) is 2. The zero-order chi connectivity index (χ0) is 12.3. The van der Waals surface area contributed by atoms with E-state index in [2.05, 4.69) is 35.8 Å². The van der Waals surface area contributed by atoms with E-state index >= 15 is 0 Å². The van der Waals surface area contributed by atoms with Gasteiger partial charge in [0.15, 0.2) is 0 Å². The minimum Gasteiger partial charge on any atom is -0.338 e. The maximum atomic E-state index is 4.35. The molecule has 1 N–H and O–H groups in total. The van der Waals surface area contributed by atoms with Crippen molar-refractivity contribution < 1.29 is 0 Å². The van der Waals surface area contributed by atoms with Gasteiger partial charge < -0.3 is 9.88 Å². The molecular formula is C14H25N3. The van der Waals surface area contributed by atoms with Crippen molar-refractivity contribution in [2.75, 3.05) is 6.54 Å². The molecule has 1 aromatic heterocycles. The highest BCUT2D eigenvalue weighted by atomic mass is 15.0. The van der Waals surface area contributed by atoms with Crippen LogP contribution in [0.2, 0.25) is 0 Å². The molecule has 0 bridgehead atoms. The fourth-order valence-corrected chi connectivity index (χ4v) is 2.90. The van der Waals surface area contributed by atoms with E-state index in [1.54, 1.807) is 0 Å². The fourth-order valence-electron chi connectivity index (χ4n) is 2.90. The molecular weight excluding hydrogens is 210 g/mol. The Morgan fingerprint density at radius 2 is 2.35 bits per heavy atom. The topological polar surface area (TPSA) is 29.9 Å². The minimum atomic E-state index is 0.527. The predicted molar refractivity (Wildman–Crippen MR) is 71.0 cm³/mol. The van der Waals surface area contributed by atoms with Crippen molar-refractivity contribution in [1.29, 1.82) is 0 Å². The molecule has 3 heteroatoms. The molecule has 1 unspecified atom stereocenters. The molecule has 1 aliphatic rings. The number of nitrogens with one attached hydrogen (secondary N) is 1. The van der Waals surface area contributed by atoms with Crippen molar-refractivity contribution >= 4 is 0 Å². The number of aryl methyl sites for hydroxylation is 1. The van der Waals surface area contributed by atoms with Crippen molar-refractivity contribution in [2.45, 2.75) is 52.0 Å². The summed E-state index contributed by atoms with van der Waals surface area (Å²) in [5.74, 6) is 1.17. The molecule has 17 heavy (non-hydrogen) atoms. The summed E-state index contributed by atoms with van der Waals surface area (Å²) < 4.78 is 2.10. The van der Waals surface area contributed by atoms with Gasteiger partial charge in [-0.15, -0.1) is 0 Å². The zero-order valence-electron chi connectivity index (χ0n) is 11.4. The van der Waals surface area contributed by atoms with Crippen LogP contribution in [0.15, 0.2) is 12.4 Å². The Hall–Kier alpha value is -0.830. The second-order valence-electron chi connectivity index (χ2n) is 6.12. The molecule has 0 aliphatic heterocycles. The molecule has 2 rings (SSSR count). The highest BCUT2D eigenvalue weighted by Crippen LogP contribution is 2.34. The Morgan fingerprint density at radius 3 is 3.00 bits per heavy atom. The van der Waals surface area contributed by atoms with E-state index in [-0.39, 0.29) is 0 Å². The van der Waals surface area contributed by atoms with Crippen molar-refractivity contribution in [2.24, 2.45) is 12.5 Å². The van der Waals surface area contributed by atoms with E-state index in [0.717, 1.165) is 13.0 Å². The van der Waals surface area contributed by atoms with E-state index in [1.165, 1.54) is 31.5 Å². The van der Waals surface area contributed by atoms with Gasteiger partial charge in [0.25, 0.3) is 0 Å². The van der Waals surface area contributed by atoms with Crippen LogP contribution in [-0.4, -0.2) is 22.1 Å². The quantitative estimate of drug-likeness (QED) is 0.869. The molecule has 1 fully saturated rings. The van der Waals surface area contributed by atoms with Crippen LogP contribution in [-0.2, 0) is 13.5 Å². The number of imidazole rings is 1. The van der Waals surface area contributed by atoms with Gasteiger partial charge >= 0.3 is 0 Å². The molecule has 0 saturated heterocycles. The van der Waals surface area contributed by atoms with Gasteiger partial charge in [-0.1, -0.05) is 20.3 Å². The Labute approximate surface area is 105 Å². The van der Waals surface area contributed by atoms with Gasteiger partial charge in [-0.3, -0.25) is 0 Å². The minimum absolute atomic E-state index is 0.527. The maximum Gasteiger partial charge on any atom is 0.109 e. The van der Waals surface area contributed by atoms with E-state index in [4.69, 9.17) is 0 Å². The standard InChI is InChI=1S/C14H25N3/c1-14(2)7-4-5-12(11-14)15-8-6-13-16-9-10-17(13)3/h9-10,12,15H,4-8,11H2,1-3H3. The van der Waals surface area contributed by atoms with E-state index in [0.29, 0.717) is 11.5 Å². The summed E-state index contributed by atoms with van der Waals surface area (Å²) in [6.07, 6.45) is 10.3. The molecule has 0 aromatic carbocycles. The smallest absolute Gasteiger partial charge is 0.109 e. The molecule has 0 amide bonds. The number of rotatable bonds is 4. The largest absolute Gasteiger partial charge is 0.338 e. The van der Waals surface area contributed by atoms with Gasteiger partial charge in [-0.05, 0) is 24.7 Å². The first-order chi connectivity index (χ1) is 8.07. The average Bonchev–Trinajstić information content (AvgIpc) is 2.63. The van der Waals surface area contributed by atoms with Crippen molar-refractivity contribution in [3.8, 4) is 0 Å². The lowest BCUT2D eigenvalue weighted by Crippen LogP contribution is -2.38. The first-order valence-corrected chi connectivity index (χ1v) is 6.76. The predicted octanol–water partition coefficient (Wildman–Crippen LogP) is 2.52. The van der Waals surface area contributed by atoms with Crippen LogP contribution in [0.3, 0.4) is 0 Å². The highest BCUT2D eigenvalue weighted by Gasteiger charge is 2.27. The fraction of sp³-hybridized carbons (Fsp3) is 0.786. The molecule has 1 heterocycles. The Kier molecular flexibility index (Phi) is 3.87. The molecule has 96 valence electrons.